The van der Waals surface area contributed by atoms with E-state index in [1.165, 1.54) is 83.5 Å². The zero-order valence-corrected chi connectivity index (χ0v) is 31.5. The van der Waals surface area contributed by atoms with E-state index >= 15 is 0 Å². The molecule has 0 aromatic carbocycles. The van der Waals surface area contributed by atoms with Crippen LogP contribution in [-0.4, -0.2) is 41.0 Å². The predicted octanol–water partition coefficient (Wildman–Crippen LogP) is 11.4. The third-order valence-corrected chi connectivity index (χ3v) is 8.62. The van der Waals surface area contributed by atoms with Gasteiger partial charge in [0.05, 0.1) is 6.61 Å². The molecule has 0 aliphatic rings. The highest BCUT2D eigenvalue weighted by Crippen LogP contribution is 2.36. The van der Waals surface area contributed by atoms with Crippen LogP contribution in [-0.2, 0) is 28.2 Å². The average Bonchev–Trinajstić information content (AvgIpc) is 3.05. The van der Waals surface area contributed by atoms with E-state index in [4.69, 9.17) is 19.3 Å². The number of carbonyl (C=O) groups excluding carboxylic acids is 2. The summed E-state index contributed by atoms with van der Waals surface area (Å²) in [5.41, 5.74) is 0. The number of hydrogen-bond acceptors (Lipinski definition) is 6. The fourth-order valence-corrected chi connectivity index (χ4v) is 5.58. The van der Waals surface area contributed by atoms with Gasteiger partial charge in [0.15, 0.2) is 6.10 Å². The maximum Gasteiger partial charge on any atom is 0.469 e. The van der Waals surface area contributed by atoms with Gasteiger partial charge < -0.3 is 19.3 Å². The van der Waals surface area contributed by atoms with E-state index in [1.54, 1.807) is 0 Å². The van der Waals surface area contributed by atoms with Gasteiger partial charge in [-0.25, -0.2) is 4.57 Å². The minimum absolute atomic E-state index is 0.190. The summed E-state index contributed by atoms with van der Waals surface area (Å²) in [7, 11) is -4.75. The number of ether oxygens (including phenoxy) is 2. The molecule has 280 valence electrons. The topological polar surface area (TPSA) is 119 Å². The Labute approximate surface area is 293 Å². The van der Waals surface area contributed by atoms with Gasteiger partial charge in [-0.1, -0.05) is 134 Å². The van der Waals surface area contributed by atoms with Crippen molar-refractivity contribution < 1.29 is 37.9 Å². The second-order valence-corrected chi connectivity index (χ2v) is 14.1. The monoisotopic (exact) mass is 698 g/mol. The summed E-state index contributed by atoms with van der Waals surface area (Å²) in [6.45, 7) is 3.62. The number of phosphoric acid groups is 1. The quantitative estimate of drug-likeness (QED) is 0.0290. The standard InChI is InChI=1S/C39H71O8P/c1-3-5-7-9-11-13-15-17-18-19-20-22-23-25-27-29-31-33-38(40)45-35-37(36-46-48(42,43)44)47-39(41)34-32-30-28-26-24-21-16-14-12-10-8-6-4-2/h11,13,17-18,21,24,37H,3-10,12,14-16,19-20,22-23,25-36H2,1-2H3,(H2,42,43,44)/b13-11+,18-17+,24-21+/t37-/m1/s1. The van der Waals surface area contributed by atoms with Gasteiger partial charge >= 0.3 is 19.8 Å². The Kier molecular flexibility index (Phi) is 33.8. The first-order valence-corrected chi connectivity index (χ1v) is 20.8. The van der Waals surface area contributed by atoms with E-state index in [9.17, 15) is 14.2 Å². The minimum Gasteiger partial charge on any atom is -0.462 e. The van der Waals surface area contributed by atoms with Crippen LogP contribution in [0.5, 0.6) is 0 Å². The second-order valence-electron chi connectivity index (χ2n) is 12.9. The van der Waals surface area contributed by atoms with Gasteiger partial charge in [0.25, 0.3) is 0 Å². The van der Waals surface area contributed by atoms with Crippen LogP contribution in [0.2, 0.25) is 0 Å². The number of phosphoric ester groups is 1. The molecule has 0 spiro atoms. The van der Waals surface area contributed by atoms with Crippen molar-refractivity contribution >= 4 is 19.8 Å². The number of unbranched alkanes of at least 4 members (excludes halogenated alkanes) is 19. The fourth-order valence-electron chi connectivity index (χ4n) is 5.22. The maximum absolute atomic E-state index is 12.3. The van der Waals surface area contributed by atoms with E-state index < -0.39 is 32.5 Å². The molecule has 0 aromatic heterocycles. The first kappa shape index (κ1) is 46.3. The lowest BCUT2D eigenvalue weighted by Gasteiger charge is -2.18. The van der Waals surface area contributed by atoms with Gasteiger partial charge in [-0.05, 0) is 70.6 Å². The van der Waals surface area contributed by atoms with Crippen LogP contribution in [0.4, 0.5) is 0 Å². The normalized spacial score (nSPS) is 12.8. The molecule has 1 atom stereocenters. The van der Waals surface area contributed by atoms with Crippen LogP contribution in [0, 0.1) is 0 Å². The number of carbonyl (C=O) groups is 2. The molecule has 0 fully saturated rings. The van der Waals surface area contributed by atoms with Crippen LogP contribution >= 0.6 is 7.82 Å². The zero-order valence-electron chi connectivity index (χ0n) is 30.6. The Balaban J connectivity index is 3.98. The van der Waals surface area contributed by atoms with Crippen LogP contribution in [0.1, 0.15) is 181 Å². The molecule has 0 radical (unpaired) electrons. The minimum atomic E-state index is -4.75. The number of hydrogen-bond donors (Lipinski definition) is 2. The number of allylic oxidation sites excluding steroid dienone is 6. The lowest BCUT2D eigenvalue weighted by atomic mass is 10.1. The SMILES string of the molecule is CCCCC/C=C/C/C=C/CCCCCCCCCC(=O)OC[C@H](COP(=O)(O)O)OC(=O)CCCCC/C=C/CCCCCCCC. The van der Waals surface area contributed by atoms with Crippen molar-refractivity contribution in [2.24, 2.45) is 0 Å². The van der Waals surface area contributed by atoms with Crippen molar-refractivity contribution in [1.82, 2.24) is 0 Å². The molecule has 0 bridgehead atoms. The highest BCUT2D eigenvalue weighted by Gasteiger charge is 2.22. The third-order valence-electron chi connectivity index (χ3n) is 8.13. The summed E-state index contributed by atoms with van der Waals surface area (Å²) in [6.07, 6.45) is 40.0. The molecule has 0 unspecified atom stereocenters. The summed E-state index contributed by atoms with van der Waals surface area (Å²) in [4.78, 5) is 42.7. The van der Waals surface area contributed by atoms with E-state index in [2.05, 4.69) is 54.8 Å². The van der Waals surface area contributed by atoms with Crippen molar-refractivity contribution in [3.05, 3.63) is 36.5 Å². The highest BCUT2D eigenvalue weighted by atomic mass is 31.2. The molecular weight excluding hydrogens is 627 g/mol. The van der Waals surface area contributed by atoms with Gasteiger partial charge in [-0.2, -0.15) is 0 Å². The lowest BCUT2D eigenvalue weighted by Crippen LogP contribution is -2.29. The van der Waals surface area contributed by atoms with E-state index in [-0.39, 0.29) is 19.4 Å². The largest absolute Gasteiger partial charge is 0.469 e. The summed E-state index contributed by atoms with van der Waals surface area (Å²) in [6, 6.07) is 0. The Bertz CT molecular complexity index is 879. The molecule has 0 saturated heterocycles. The van der Waals surface area contributed by atoms with Crippen molar-refractivity contribution in [2.75, 3.05) is 13.2 Å². The van der Waals surface area contributed by atoms with Crippen LogP contribution in [0.3, 0.4) is 0 Å². The second kappa shape index (κ2) is 35.1. The molecule has 8 nitrogen and oxygen atoms in total. The van der Waals surface area contributed by atoms with Crippen molar-refractivity contribution in [2.45, 2.75) is 187 Å². The molecule has 0 rings (SSSR count). The molecule has 48 heavy (non-hydrogen) atoms. The molecule has 0 heterocycles. The Hall–Kier alpha value is -1.73. The predicted molar refractivity (Wildman–Crippen MR) is 198 cm³/mol. The summed E-state index contributed by atoms with van der Waals surface area (Å²) in [5.74, 6) is -0.912. The van der Waals surface area contributed by atoms with Gasteiger partial charge in [-0.15, -0.1) is 0 Å². The zero-order chi connectivity index (χ0) is 35.4. The molecule has 2 N–H and O–H groups in total. The van der Waals surface area contributed by atoms with Crippen molar-refractivity contribution in [3.8, 4) is 0 Å². The average molecular weight is 699 g/mol. The van der Waals surface area contributed by atoms with E-state index in [1.807, 2.05) is 0 Å². The Morgan fingerprint density at radius 3 is 1.46 bits per heavy atom. The van der Waals surface area contributed by atoms with Gasteiger partial charge in [0.2, 0.25) is 0 Å². The highest BCUT2D eigenvalue weighted by molar-refractivity contribution is 7.46. The van der Waals surface area contributed by atoms with Crippen molar-refractivity contribution in [1.29, 1.82) is 0 Å². The number of esters is 2. The van der Waals surface area contributed by atoms with Gasteiger partial charge in [-0.3, -0.25) is 14.1 Å². The molecule has 0 aliphatic carbocycles. The van der Waals surface area contributed by atoms with Crippen LogP contribution in [0.25, 0.3) is 0 Å². The third kappa shape index (κ3) is 37.1. The van der Waals surface area contributed by atoms with Crippen molar-refractivity contribution in [3.63, 3.8) is 0 Å². The van der Waals surface area contributed by atoms with Gasteiger partial charge in [0, 0.05) is 12.8 Å². The lowest BCUT2D eigenvalue weighted by molar-refractivity contribution is -0.161. The summed E-state index contributed by atoms with van der Waals surface area (Å²) >= 11 is 0. The summed E-state index contributed by atoms with van der Waals surface area (Å²) < 4.78 is 26.3. The fraction of sp³-hybridized carbons (Fsp3) is 0.795. The Morgan fingerprint density at radius 1 is 0.542 bits per heavy atom. The molecule has 0 amide bonds. The van der Waals surface area contributed by atoms with Crippen LogP contribution < -0.4 is 0 Å². The first-order chi connectivity index (χ1) is 23.3. The molecular formula is C39H71O8P. The Morgan fingerprint density at radius 2 is 0.938 bits per heavy atom. The maximum atomic E-state index is 12.3. The molecule has 0 aromatic rings. The first-order valence-electron chi connectivity index (χ1n) is 19.3. The smallest absolute Gasteiger partial charge is 0.462 e. The van der Waals surface area contributed by atoms with E-state index in [0.717, 1.165) is 57.8 Å². The van der Waals surface area contributed by atoms with E-state index in [0.29, 0.717) is 12.8 Å². The number of rotatable bonds is 35. The molecule has 9 heteroatoms. The molecule has 0 aliphatic heterocycles. The van der Waals surface area contributed by atoms with Gasteiger partial charge in [0.1, 0.15) is 6.61 Å². The van der Waals surface area contributed by atoms with Crippen LogP contribution in [0.15, 0.2) is 36.5 Å². The summed E-state index contributed by atoms with van der Waals surface area (Å²) in [5, 5.41) is 0. The molecule has 0 saturated carbocycles.